The third kappa shape index (κ3) is 1.87. The minimum Gasteiger partial charge on any atom is -0.465 e. The summed E-state index contributed by atoms with van der Waals surface area (Å²) >= 11 is 0. The lowest BCUT2D eigenvalue weighted by atomic mass is 10.1. The molecule has 1 heterocycles. The highest BCUT2D eigenvalue weighted by atomic mass is 16.5. The number of rotatable bonds is 2. The van der Waals surface area contributed by atoms with Crippen LogP contribution < -0.4 is 5.73 Å². The zero-order chi connectivity index (χ0) is 12.4. The van der Waals surface area contributed by atoms with Crippen molar-refractivity contribution in [3.63, 3.8) is 0 Å². The van der Waals surface area contributed by atoms with E-state index in [0.29, 0.717) is 17.1 Å². The molecule has 0 unspecified atom stereocenters. The number of carbonyl (C=O) groups excluding carboxylic acids is 1. The molecule has 88 valence electrons. The van der Waals surface area contributed by atoms with Gasteiger partial charge in [0.15, 0.2) is 0 Å². The zero-order valence-corrected chi connectivity index (χ0v) is 9.68. The van der Waals surface area contributed by atoms with Crippen LogP contribution in [0.25, 0.3) is 11.3 Å². The molecule has 2 rings (SSSR count). The second-order valence-corrected chi connectivity index (χ2v) is 3.59. The Labute approximate surface area is 98.8 Å². The Bertz CT molecular complexity index is 546. The maximum absolute atomic E-state index is 11.7. The second kappa shape index (κ2) is 4.29. The van der Waals surface area contributed by atoms with E-state index in [1.807, 2.05) is 30.3 Å². The summed E-state index contributed by atoms with van der Waals surface area (Å²) in [5.41, 5.74) is 7.50. The zero-order valence-electron chi connectivity index (χ0n) is 9.68. The summed E-state index contributed by atoms with van der Waals surface area (Å²) in [5.74, 6) is -0.176. The number of esters is 1. The molecule has 0 radical (unpaired) electrons. The Morgan fingerprint density at radius 1 is 1.35 bits per heavy atom. The van der Waals surface area contributed by atoms with Gasteiger partial charge in [-0.15, -0.1) is 0 Å². The molecular weight excluding hydrogens is 218 g/mol. The van der Waals surface area contributed by atoms with Gasteiger partial charge in [0, 0.05) is 12.6 Å². The van der Waals surface area contributed by atoms with Crippen molar-refractivity contribution in [2.75, 3.05) is 12.8 Å². The van der Waals surface area contributed by atoms with Crippen molar-refractivity contribution < 1.29 is 9.53 Å². The van der Waals surface area contributed by atoms with E-state index in [0.717, 1.165) is 5.56 Å². The van der Waals surface area contributed by atoms with Crippen molar-refractivity contribution in [2.24, 2.45) is 7.05 Å². The molecule has 0 saturated heterocycles. The standard InChI is InChI=1S/C12H13N3O2/c1-15-11(13)9(12(16)17-2)10(14-15)8-6-4-3-5-7-8/h3-7H,13H2,1-2H3. The fraction of sp³-hybridized carbons (Fsp3) is 0.167. The first-order valence-corrected chi connectivity index (χ1v) is 5.11. The maximum atomic E-state index is 11.7. The van der Waals surface area contributed by atoms with Crippen LogP contribution in [-0.2, 0) is 11.8 Å². The minimum absolute atomic E-state index is 0.302. The van der Waals surface area contributed by atoms with Gasteiger partial charge in [-0.2, -0.15) is 5.10 Å². The number of benzene rings is 1. The molecule has 0 fully saturated rings. The summed E-state index contributed by atoms with van der Waals surface area (Å²) in [5, 5.41) is 4.24. The molecule has 1 aromatic carbocycles. The Morgan fingerprint density at radius 3 is 2.59 bits per heavy atom. The van der Waals surface area contributed by atoms with Crippen molar-refractivity contribution in [2.45, 2.75) is 0 Å². The molecule has 0 aliphatic rings. The topological polar surface area (TPSA) is 70.1 Å². The van der Waals surface area contributed by atoms with Crippen LogP contribution in [0.5, 0.6) is 0 Å². The molecule has 0 bridgehead atoms. The Hall–Kier alpha value is -2.30. The van der Waals surface area contributed by atoms with E-state index in [2.05, 4.69) is 5.10 Å². The molecule has 0 saturated carbocycles. The van der Waals surface area contributed by atoms with Crippen molar-refractivity contribution in [1.82, 2.24) is 9.78 Å². The first-order chi connectivity index (χ1) is 8.15. The van der Waals surface area contributed by atoms with Crippen molar-refractivity contribution >= 4 is 11.8 Å². The highest BCUT2D eigenvalue weighted by Gasteiger charge is 2.22. The number of nitrogens with two attached hydrogens (primary N) is 1. The quantitative estimate of drug-likeness (QED) is 0.794. The van der Waals surface area contributed by atoms with Crippen molar-refractivity contribution in [1.29, 1.82) is 0 Å². The number of ether oxygens (including phenoxy) is 1. The van der Waals surface area contributed by atoms with E-state index in [4.69, 9.17) is 10.5 Å². The van der Waals surface area contributed by atoms with Gasteiger partial charge in [0.1, 0.15) is 17.1 Å². The first-order valence-electron chi connectivity index (χ1n) is 5.11. The van der Waals surface area contributed by atoms with E-state index < -0.39 is 5.97 Å². The smallest absolute Gasteiger partial charge is 0.343 e. The monoisotopic (exact) mass is 231 g/mol. The third-order valence-electron chi connectivity index (χ3n) is 2.53. The van der Waals surface area contributed by atoms with Gasteiger partial charge in [0.2, 0.25) is 0 Å². The van der Waals surface area contributed by atoms with Gasteiger partial charge >= 0.3 is 5.97 Å². The lowest BCUT2D eigenvalue weighted by Crippen LogP contribution is -2.06. The number of hydrogen-bond acceptors (Lipinski definition) is 4. The number of aryl methyl sites for hydroxylation is 1. The van der Waals surface area contributed by atoms with E-state index in [1.165, 1.54) is 11.8 Å². The predicted molar refractivity (Wildman–Crippen MR) is 64.4 cm³/mol. The van der Waals surface area contributed by atoms with E-state index in [-0.39, 0.29) is 0 Å². The number of methoxy groups -OCH3 is 1. The van der Waals surface area contributed by atoms with Crippen LogP contribution in [0.1, 0.15) is 10.4 Å². The highest BCUT2D eigenvalue weighted by Crippen LogP contribution is 2.26. The Balaban J connectivity index is 2.62. The molecule has 0 aliphatic carbocycles. The fourth-order valence-electron chi connectivity index (χ4n) is 1.64. The Morgan fingerprint density at radius 2 is 2.00 bits per heavy atom. The molecule has 0 amide bonds. The number of anilines is 1. The van der Waals surface area contributed by atoms with E-state index >= 15 is 0 Å². The number of hydrogen-bond donors (Lipinski definition) is 1. The van der Waals surface area contributed by atoms with Crippen LogP contribution in [0.2, 0.25) is 0 Å². The largest absolute Gasteiger partial charge is 0.465 e. The van der Waals surface area contributed by atoms with Gasteiger partial charge in [-0.05, 0) is 0 Å². The number of carbonyl (C=O) groups is 1. The molecule has 0 spiro atoms. The predicted octanol–water partition coefficient (Wildman–Crippen LogP) is 1.46. The molecule has 2 aromatic rings. The van der Waals surface area contributed by atoms with Crippen molar-refractivity contribution in [3.05, 3.63) is 35.9 Å². The Kier molecular flexibility index (Phi) is 2.82. The van der Waals surface area contributed by atoms with E-state index in [1.54, 1.807) is 7.05 Å². The number of nitrogen functional groups attached to an aromatic ring is 1. The van der Waals surface area contributed by atoms with E-state index in [9.17, 15) is 4.79 Å². The summed E-state index contributed by atoms with van der Waals surface area (Å²) < 4.78 is 6.19. The van der Waals surface area contributed by atoms with Gasteiger partial charge in [-0.3, -0.25) is 4.68 Å². The highest BCUT2D eigenvalue weighted by molar-refractivity contribution is 6.00. The lowest BCUT2D eigenvalue weighted by Gasteiger charge is -2.01. The van der Waals surface area contributed by atoms with Gasteiger partial charge in [-0.25, -0.2) is 4.79 Å². The second-order valence-electron chi connectivity index (χ2n) is 3.59. The van der Waals surface area contributed by atoms with Crippen LogP contribution >= 0.6 is 0 Å². The van der Waals surface area contributed by atoms with Crippen LogP contribution in [0.4, 0.5) is 5.82 Å². The van der Waals surface area contributed by atoms with Crippen LogP contribution in [0.15, 0.2) is 30.3 Å². The number of aromatic nitrogens is 2. The minimum atomic E-state index is -0.477. The third-order valence-corrected chi connectivity index (χ3v) is 2.53. The average molecular weight is 231 g/mol. The van der Waals surface area contributed by atoms with Gasteiger partial charge in [-0.1, -0.05) is 30.3 Å². The number of nitrogens with zero attached hydrogens (tertiary/aromatic N) is 2. The molecule has 2 N–H and O–H groups in total. The SMILES string of the molecule is COC(=O)c1c(-c2ccccc2)nn(C)c1N. The summed E-state index contributed by atoms with van der Waals surface area (Å²) in [6.07, 6.45) is 0. The molecule has 0 atom stereocenters. The molecule has 5 heteroatoms. The van der Waals surface area contributed by atoms with Gasteiger partial charge in [0.05, 0.1) is 7.11 Å². The maximum Gasteiger partial charge on any atom is 0.343 e. The fourth-order valence-corrected chi connectivity index (χ4v) is 1.64. The summed E-state index contributed by atoms with van der Waals surface area (Å²) in [6, 6.07) is 9.39. The van der Waals surface area contributed by atoms with Gasteiger partial charge in [0.25, 0.3) is 0 Å². The molecule has 5 nitrogen and oxygen atoms in total. The van der Waals surface area contributed by atoms with Crippen molar-refractivity contribution in [3.8, 4) is 11.3 Å². The molecular formula is C12H13N3O2. The lowest BCUT2D eigenvalue weighted by molar-refractivity contribution is 0.0603. The molecule has 17 heavy (non-hydrogen) atoms. The summed E-state index contributed by atoms with van der Waals surface area (Å²) in [7, 11) is 3.01. The van der Waals surface area contributed by atoms with Crippen LogP contribution in [0, 0.1) is 0 Å². The van der Waals surface area contributed by atoms with Gasteiger partial charge < -0.3 is 10.5 Å². The summed E-state index contributed by atoms with van der Waals surface area (Å²) in [6.45, 7) is 0. The molecule has 1 aromatic heterocycles. The average Bonchev–Trinajstić information content (AvgIpc) is 2.66. The van der Waals surface area contributed by atoms with Crippen LogP contribution in [0.3, 0.4) is 0 Å². The summed E-state index contributed by atoms with van der Waals surface area (Å²) in [4.78, 5) is 11.7. The first kappa shape index (κ1) is 11.2. The normalized spacial score (nSPS) is 10.2. The van der Waals surface area contributed by atoms with Crippen LogP contribution in [-0.4, -0.2) is 22.9 Å². The molecule has 0 aliphatic heterocycles.